The molecule has 0 aromatic rings. The fourth-order valence-electron chi connectivity index (χ4n) is 3.13. The zero-order valence-electron chi connectivity index (χ0n) is 10.7. The van der Waals surface area contributed by atoms with Crippen LogP contribution in [0, 0.1) is 5.92 Å². The number of nitrogens with zero attached hydrogens (tertiary/aromatic N) is 1. The average Bonchev–Trinajstić information content (AvgIpc) is 2.56. The molecule has 1 saturated heterocycles. The largest absolute Gasteiger partial charge is 0.391 e. The molecule has 2 rings (SSSR count). The van der Waals surface area contributed by atoms with Crippen LogP contribution in [0.4, 0.5) is 0 Å². The van der Waals surface area contributed by atoms with Gasteiger partial charge in [0, 0.05) is 19.5 Å². The summed E-state index contributed by atoms with van der Waals surface area (Å²) in [5.41, 5.74) is 0. The van der Waals surface area contributed by atoms with E-state index in [4.69, 9.17) is 0 Å². The van der Waals surface area contributed by atoms with Gasteiger partial charge in [-0.2, -0.15) is 0 Å². The molecule has 1 heterocycles. The number of likely N-dealkylation sites (tertiary alicyclic amines) is 1. The number of aliphatic hydroxyl groups excluding tert-OH is 1. The molecule has 1 N–H and O–H groups in total. The van der Waals surface area contributed by atoms with Gasteiger partial charge in [0.2, 0.25) is 5.91 Å². The smallest absolute Gasteiger partial charge is 0.222 e. The summed E-state index contributed by atoms with van der Waals surface area (Å²) in [6.45, 7) is 1.42. The van der Waals surface area contributed by atoms with E-state index in [1.165, 1.54) is 19.3 Å². The Morgan fingerprint density at radius 1 is 1.12 bits per heavy atom. The van der Waals surface area contributed by atoms with Crippen molar-refractivity contribution < 1.29 is 9.90 Å². The topological polar surface area (TPSA) is 40.5 Å². The van der Waals surface area contributed by atoms with E-state index in [9.17, 15) is 9.90 Å². The lowest BCUT2D eigenvalue weighted by atomic mass is 9.85. The Labute approximate surface area is 104 Å². The highest BCUT2D eigenvalue weighted by atomic mass is 16.3. The van der Waals surface area contributed by atoms with Gasteiger partial charge in [-0.3, -0.25) is 4.79 Å². The maximum absolute atomic E-state index is 11.8. The van der Waals surface area contributed by atoms with Crippen LogP contribution in [-0.4, -0.2) is 35.1 Å². The third kappa shape index (κ3) is 3.70. The normalized spacial score (nSPS) is 25.7. The maximum Gasteiger partial charge on any atom is 0.222 e. The summed E-state index contributed by atoms with van der Waals surface area (Å²) < 4.78 is 0. The molecule has 0 aromatic heterocycles. The Morgan fingerprint density at radius 2 is 1.82 bits per heavy atom. The van der Waals surface area contributed by atoms with Gasteiger partial charge in [-0.25, -0.2) is 0 Å². The van der Waals surface area contributed by atoms with E-state index >= 15 is 0 Å². The first-order chi connectivity index (χ1) is 8.27. The first-order valence-electron chi connectivity index (χ1n) is 7.23. The predicted molar refractivity (Wildman–Crippen MR) is 67.6 cm³/mol. The van der Waals surface area contributed by atoms with Gasteiger partial charge in [0.1, 0.15) is 0 Å². The van der Waals surface area contributed by atoms with Crippen LogP contribution in [0.25, 0.3) is 0 Å². The van der Waals surface area contributed by atoms with Gasteiger partial charge in [0.05, 0.1) is 6.10 Å². The molecule has 3 nitrogen and oxygen atoms in total. The van der Waals surface area contributed by atoms with E-state index in [1.807, 2.05) is 4.90 Å². The van der Waals surface area contributed by atoms with Crippen LogP contribution in [0.2, 0.25) is 0 Å². The van der Waals surface area contributed by atoms with E-state index in [1.54, 1.807) is 0 Å². The lowest BCUT2D eigenvalue weighted by molar-refractivity contribution is -0.132. The van der Waals surface area contributed by atoms with Crippen molar-refractivity contribution in [2.45, 2.75) is 63.9 Å². The van der Waals surface area contributed by atoms with Gasteiger partial charge >= 0.3 is 0 Å². The lowest BCUT2D eigenvalue weighted by Gasteiger charge is -2.31. The molecule has 1 saturated carbocycles. The number of hydrogen-bond donors (Lipinski definition) is 1. The third-order valence-electron chi connectivity index (χ3n) is 4.27. The molecule has 0 spiro atoms. The summed E-state index contributed by atoms with van der Waals surface area (Å²) in [4.78, 5) is 13.7. The summed E-state index contributed by atoms with van der Waals surface area (Å²) >= 11 is 0. The summed E-state index contributed by atoms with van der Waals surface area (Å²) in [7, 11) is 0. The number of amides is 1. The van der Waals surface area contributed by atoms with Crippen molar-refractivity contribution in [1.82, 2.24) is 4.90 Å². The molecule has 1 unspecified atom stereocenters. The van der Waals surface area contributed by atoms with E-state index in [0.29, 0.717) is 18.9 Å². The summed E-state index contributed by atoms with van der Waals surface area (Å²) in [5.74, 6) is 0.678. The van der Waals surface area contributed by atoms with Crippen LogP contribution in [0.15, 0.2) is 0 Å². The van der Waals surface area contributed by atoms with E-state index in [-0.39, 0.29) is 12.0 Å². The second-order valence-electron chi connectivity index (χ2n) is 5.62. The van der Waals surface area contributed by atoms with E-state index in [2.05, 4.69) is 0 Å². The second-order valence-corrected chi connectivity index (χ2v) is 5.62. The minimum Gasteiger partial charge on any atom is -0.391 e. The highest BCUT2D eigenvalue weighted by Gasteiger charge is 2.26. The van der Waals surface area contributed by atoms with Crippen LogP contribution in [0.1, 0.15) is 57.8 Å². The number of carbonyl (C=O) groups excluding carboxylic acids is 1. The van der Waals surface area contributed by atoms with Crippen molar-refractivity contribution in [1.29, 1.82) is 0 Å². The molecular weight excluding hydrogens is 214 g/mol. The van der Waals surface area contributed by atoms with Crippen molar-refractivity contribution >= 4 is 5.91 Å². The molecule has 3 heteroatoms. The molecule has 2 aliphatic rings. The van der Waals surface area contributed by atoms with Gasteiger partial charge in [-0.15, -0.1) is 0 Å². The molecule has 0 aromatic carbocycles. The van der Waals surface area contributed by atoms with Crippen LogP contribution in [0.3, 0.4) is 0 Å². The number of rotatable bonds is 3. The highest BCUT2D eigenvalue weighted by molar-refractivity contribution is 5.76. The number of carbonyl (C=O) groups is 1. The van der Waals surface area contributed by atoms with Crippen molar-refractivity contribution in [2.75, 3.05) is 13.1 Å². The van der Waals surface area contributed by atoms with Crippen molar-refractivity contribution in [3.63, 3.8) is 0 Å². The van der Waals surface area contributed by atoms with Crippen molar-refractivity contribution in [3.8, 4) is 0 Å². The third-order valence-corrected chi connectivity index (χ3v) is 4.27. The van der Waals surface area contributed by atoms with Gasteiger partial charge in [0.15, 0.2) is 0 Å². The Morgan fingerprint density at radius 3 is 2.59 bits per heavy atom. The number of β-amino-alcohol motifs (C(OH)–C–C–N with tert-alkyl or cyclic N) is 1. The van der Waals surface area contributed by atoms with Crippen molar-refractivity contribution in [3.05, 3.63) is 0 Å². The van der Waals surface area contributed by atoms with Gasteiger partial charge in [-0.05, 0) is 31.6 Å². The van der Waals surface area contributed by atoms with Gasteiger partial charge in [0.25, 0.3) is 0 Å². The van der Waals surface area contributed by atoms with Crippen LogP contribution >= 0.6 is 0 Å². The predicted octanol–water partition coefficient (Wildman–Crippen LogP) is 2.33. The quantitative estimate of drug-likeness (QED) is 0.821. The van der Waals surface area contributed by atoms with Gasteiger partial charge < -0.3 is 10.0 Å². The van der Waals surface area contributed by atoms with Crippen LogP contribution in [-0.2, 0) is 4.79 Å². The number of hydrogen-bond acceptors (Lipinski definition) is 2. The van der Waals surface area contributed by atoms with Gasteiger partial charge in [-0.1, -0.05) is 25.7 Å². The summed E-state index contributed by atoms with van der Waals surface area (Å²) in [6, 6.07) is 0. The molecule has 1 aliphatic heterocycles. The minimum absolute atomic E-state index is 0.248. The standard InChI is InChI=1S/C14H25NO2/c16-13(12-7-3-1-4-8-12)11-15-10-6-2-5-9-14(15)17/h12-13,16H,1-11H2. The Hall–Kier alpha value is -0.570. The molecule has 0 radical (unpaired) electrons. The Bertz CT molecular complexity index is 249. The second kappa shape index (κ2) is 6.39. The Balaban J connectivity index is 1.83. The van der Waals surface area contributed by atoms with Crippen LogP contribution in [0.5, 0.6) is 0 Å². The molecular formula is C14H25NO2. The molecule has 2 fully saturated rings. The SMILES string of the molecule is O=C1CCCCCN1CC(O)C1CCCCC1. The zero-order valence-corrected chi connectivity index (χ0v) is 10.7. The number of aliphatic hydroxyl groups is 1. The van der Waals surface area contributed by atoms with Crippen molar-refractivity contribution in [2.24, 2.45) is 5.92 Å². The fraction of sp³-hybridized carbons (Fsp3) is 0.929. The molecule has 0 bridgehead atoms. The van der Waals surface area contributed by atoms with Crippen LogP contribution < -0.4 is 0 Å². The summed E-state index contributed by atoms with van der Waals surface area (Å²) in [5, 5.41) is 10.2. The minimum atomic E-state index is -0.294. The first-order valence-corrected chi connectivity index (χ1v) is 7.23. The average molecular weight is 239 g/mol. The Kier molecular flexibility index (Phi) is 4.84. The first kappa shape index (κ1) is 12.9. The molecule has 1 aliphatic carbocycles. The monoisotopic (exact) mass is 239 g/mol. The van der Waals surface area contributed by atoms with E-state index in [0.717, 1.165) is 38.6 Å². The fourth-order valence-corrected chi connectivity index (χ4v) is 3.13. The lowest BCUT2D eigenvalue weighted by Crippen LogP contribution is -2.40. The summed E-state index contributed by atoms with van der Waals surface area (Å²) in [6.07, 6.45) is 9.75. The highest BCUT2D eigenvalue weighted by Crippen LogP contribution is 2.27. The molecule has 1 atom stereocenters. The molecule has 1 amide bonds. The maximum atomic E-state index is 11.8. The molecule has 17 heavy (non-hydrogen) atoms. The molecule has 98 valence electrons. The zero-order chi connectivity index (χ0) is 12.1. The van der Waals surface area contributed by atoms with E-state index < -0.39 is 0 Å².